The molecule has 3 nitrogen and oxygen atoms in total. The maximum Gasteiger partial charge on any atom is 0.0569 e. The van der Waals surface area contributed by atoms with E-state index in [1.54, 1.807) is 0 Å². The van der Waals surface area contributed by atoms with Crippen LogP contribution in [0.25, 0.3) is 0 Å². The van der Waals surface area contributed by atoms with E-state index >= 15 is 0 Å². The fourth-order valence-corrected chi connectivity index (χ4v) is 2.27. The molecule has 1 fully saturated rings. The van der Waals surface area contributed by atoms with E-state index in [0.29, 0.717) is 5.92 Å². The SMILES string of the molecule is Cc1ccnn1CCC1CCCC1O. The van der Waals surface area contributed by atoms with Crippen molar-refractivity contribution in [3.8, 4) is 0 Å². The molecule has 1 N–H and O–H groups in total. The van der Waals surface area contributed by atoms with Gasteiger partial charge in [0, 0.05) is 18.4 Å². The van der Waals surface area contributed by atoms with Crippen LogP contribution in [-0.4, -0.2) is 21.0 Å². The Morgan fingerprint density at radius 3 is 3.00 bits per heavy atom. The summed E-state index contributed by atoms with van der Waals surface area (Å²) in [6.45, 7) is 3.01. The molecule has 1 aromatic heterocycles. The molecule has 3 heteroatoms. The molecule has 0 radical (unpaired) electrons. The van der Waals surface area contributed by atoms with Gasteiger partial charge >= 0.3 is 0 Å². The highest BCUT2D eigenvalue weighted by molar-refractivity contribution is 4.96. The highest BCUT2D eigenvalue weighted by Crippen LogP contribution is 2.28. The van der Waals surface area contributed by atoms with Crippen LogP contribution >= 0.6 is 0 Å². The molecule has 0 amide bonds. The quantitative estimate of drug-likeness (QED) is 0.796. The third kappa shape index (κ3) is 1.98. The molecule has 0 saturated heterocycles. The summed E-state index contributed by atoms with van der Waals surface area (Å²) in [4.78, 5) is 0. The van der Waals surface area contributed by atoms with Crippen LogP contribution in [0.3, 0.4) is 0 Å². The van der Waals surface area contributed by atoms with Crippen LogP contribution < -0.4 is 0 Å². The van der Waals surface area contributed by atoms with Gasteiger partial charge in [0.2, 0.25) is 0 Å². The average molecular weight is 194 g/mol. The first-order chi connectivity index (χ1) is 6.77. The number of aromatic nitrogens is 2. The second-order valence-electron chi connectivity index (χ2n) is 4.24. The smallest absolute Gasteiger partial charge is 0.0569 e. The molecule has 14 heavy (non-hydrogen) atoms. The number of aliphatic hydroxyl groups excluding tert-OH is 1. The van der Waals surface area contributed by atoms with E-state index in [4.69, 9.17) is 0 Å². The topological polar surface area (TPSA) is 38.0 Å². The van der Waals surface area contributed by atoms with Crippen molar-refractivity contribution in [2.24, 2.45) is 5.92 Å². The molecule has 1 aromatic rings. The zero-order valence-electron chi connectivity index (χ0n) is 8.69. The minimum absolute atomic E-state index is 0.0640. The Bertz CT molecular complexity index is 295. The third-order valence-electron chi connectivity index (χ3n) is 3.26. The highest BCUT2D eigenvalue weighted by Gasteiger charge is 2.24. The molecule has 2 atom stereocenters. The zero-order valence-corrected chi connectivity index (χ0v) is 8.69. The van der Waals surface area contributed by atoms with E-state index in [2.05, 4.69) is 12.0 Å². The predicted molar refractivity (Wildman–Crippen MR) is 54.9 cm³/mol. The first-order valence-corrected chi connectivity index (χ1v) is 5.44. The lowest BCUT2D eigenvalue weighted by Crippen LogP contribution is -2.16. The second kappa shape index (κ2) is 4.13. The van der Waals surface area contributed by atoms with Gasteiger partial charge in [0.05, 0.1) is 6.10 Å². The Hall–Kier alpha value is -0.830. The molecule has 1 heterocycles. The summed E-state index contributed by atoms with van der Waals surface area (Å²) in [6, 6.07) is 2.02. The molecular weight excluding hydrogens is 176 g/mol. The lowest BCUT2D eigenvalue weighted by Gasteiger charge is -2.14. The summed E-state index contributed by atoms with van der Waals surface area (Å²) in [5.41, 5.74) is 1.21. The first-order valence-electron chi connectivity index (χ1n) is 5.44. The van der Waals surface area contributed by atoms with E-state index < -0.39 is 0 Å². The highest BCUT2D eigenvalue weighted by atomic mass is 16.3. The van der Waals surface area contributed by atoms with Gasteiger partial charge < -0.3 is 5.11 Å². The maximum absolute atomic E-state index is 9.66. The lowest BCUT2D eigenvalue weighted by atomic mass is 10.0. The van der Waals surface area contributed by atoms with Crippen molar-refractivity contribution in [1.82, 2.24) is 9.78 Å². The Kier molecular flexibility index (Phi) is 2.87. The fraction of sp³-hybridized carbons (Fsp3) is 0.727. The number of rotatable bonds is 3. The fourth-order valence-electron chi connectivity index (χ4n) is 2.27. The van der Waals surface area contributed by atoms with Crippen LogP contribution in [0.5, 0.6) is 0 Å². The second-order valence-corrected chi connectivity index (χ2v) is 4.24. The first kappa shape index (κ1) is 9.71. The minimum Gasteiger partial charge on any atom is -0.393 e. The normalized spacial score (nSPS) is 27.0. The molecule has 2 rings (SSSR count). The van der Waals surface area contributed by atoms with Gasteiger partial charge in [-0.15, -0.1) is 0 Å². The van der Waals surface area contributed by atoms with Crippen molar-refractivity contribution in [1.29, 1.82) is 0 Å². The lowest BCUT2D eigenvalue weighted by molar-refractivity contribution is 0.124. The Labute approximate surface area is 84.7 Å². The third-order valence-corrected chi connectivity index (χ3v) is 3.26. The number of hydrogen-bond donors (Lipinski definition) is 1. The van der Waals surface area contributed by atoms with Gasteiger partial charge in [-0.1, -0.05) is 6.42 Å². The standard InChI is InChI=1S/C11H18N2O/c1-9-5-7-12-13(9)8-6-10-3-2-4-11(10)14/h5,7,10-11,14H,2-4,6,8H2,1H3. The number of hydrogen-bond acceptors (Lipinski definition) is 2. The van der Waals surface area contributed by atoms with Crippen molar-refractivity contribution < 1.29 is 5.11 Å². The van der Waals surface area contributed by atoms with E-state index in [1.807, 2.05) is 16.9 Å². The Morgan fingerprint density at radius 1 is 1.57 bits per heavy atom. The van der Waals surface area contributed by atoms with E-state index in [9.17, 15) is 5.11 Å². The van der Waals surface area contributed by atoms with Gasteiger partial charge in [-0.05, 0) is 38.2 Å². The van der Waals surface area contributed by atoms with Crippen molar-refractivity contribution in [2.45, 2.75) is 45.3 Å². The summed E-state index contributed by atoms with van der Waals surface area (Å²) < 4.78 is 2.02. The molecule has 1 aliphatic rings. The van der Waals surface area contributed by atoms with E-state index in [0.717, 1.165) is 19.4 Å². The molecule has 1 aliphatic carbocycles. The van der Waals surface area contributed by atoms with Gasteiger partial charge in [0.25, 0.3) is 0 Å². The predicted octanol–water partition coefficient (Wildman–Crippen LogP) is 1.74. The minimum atomic E-state index is -0.0640. The van der Waals surface area contributed by atoms with Crippen LogP contribution in [0.15, 0.2) is 12.3 Å². The Morgan fingerprint density at radius 2 is 2.43 bits per heavy atom. The number of aliphatic hydroxyl groups is 1. The average Bonchev–Trinajstić information content (AvgIpc) is 2.72. The van der Waals surface area contributed by atoms with Crippen LogP contribution in [0, 0.1) is 12.8 Å². The summed E-state index contributed by atoms with van der Waals surface area (Å²) in [6.07, 6.45) is 6.18. The Balaban J connectivity index is 1.85. The van der Waals surface area contributed by atoms with Crippen LogP contribution in [0.1, 0.15) is 31.4 Å². The molecule has 1 saturated carbocycles. The number of aryl methyl sites for hydroxylation is 2. The van der Waals surface area contributed by atoms with Crippen molar-refractivity contribution in [3.63, 3.8) is 0 Å². The zero-order chi connectivity index (χ0) is 9.97. The van der Waals surface area contributed by atoms with E-state index in [-0.39, 0.29) is 6.10 Å². The largest absolute Gasteiger partial charge is 0.393 e. The molecule has 78 valence electrons. The molecule has 0 spiro atoms. The summed E-state index contributed by atoms with van der Waals surface area (Å²) >= 11 is 0. The van der Waals surface area contributed by atoms with E-state index in [1.165, 1.54) is 18.5 Å². The molecule has 0 aliphatic heterocycles. The van der Waals surface area contributed by atoms with Gasteiger partial charge in [-0.2, -0.15) is 5.10 Å². The van der Waals surface area contributed by atoms with Gasteiger partial charge in [0.15, 0.2) is 0 Å². The van der Waals surface area contributed by atoms with Crippen LogP contribution in [-0.2, 0) is 6.54 Å². The van der Waals surface area contributed by atoms with Crippen molar-refractivity contribution >= 4 is 0 Å². The molecule has 0 bridgehead atoms. The van der Waals surface area contributed by atoms with Crippen LogP contribution in [0.4, 0.5) is 0 Å². The summed E-state index contributed by atoms with van der Waals surface area (Å²) in [5, 5.41) is 13.9. The molecule has 0 aromatic carbocycles. The van der Waals surface area contributed by atoms with Crippen molar-refractivity contribution in [3.05, 3.63) is 18.0 Å². The van der Waals surface area contributed by atoms with Gasteiger partial charge in [-0.25, -0.2) is 0 Å². The maximum atomic E-state index is 9.66. The summed E-state index contributed by atoms with van der Waals surface area (Å²) in [7, 11) is 0. The summed E-state index contributed by atoms with van der Waals surface area (Å²) in [5.74, 6) is 0.499. The molecule has 2 unspecified atom stereocenters. The number of nitrogens with zero attached hydrogens (tertiary/aromatic N) is 2. The monoisotopic (exact) mass is 194 g/mol. The molecular formula is C11H18N2O. The van der Waals surface area contributed by atoms with Crippen molar-refractivity contribution in [2.75, 3.05) is 0 Å². The van der Waals surface area contributed by atoms with Gasteiger partial charge in [-0.3, -0.25) is 4.68 Å². The van der Waals surface area contributed by atoms with Gasteiger partial charge in [0.1, 0.15) is 0 Å². The van der Waals surface area contributed by atoms with Crippen LogP contribution in [0.2, 0.25) is 0 Å².